The number of hydrogen-bond donors (Lipinski definition) is 2. The molecule has 1 atom stereocenters. The van der Waals surface area contributed by atoms with E-state index in [1.54, 1.807) is 21.9 Å². The van der Waals surface area contributed by atoms with E-state index in [1.807, 2.05) is 36.1 Å². The Morgan fingerprint density at radius 1 is 0.915 bits per heavy atom. The topological polar surface area (TPSA) is 107 Å². The number of carbonyl (C=O) groups excluding carboxylic acids is 2. The number of oxazole rings is 1. The summed E-state index contributed by atoms with van der Waals surface area (Å²) in [6.45, 7) is 4.47. The minimum atomic E-state index is -4.91. The van der Waals surface area contributed by atoms with E-state index in [0.29, 0.717) is 45.1 Å². The predicted molar refractivity (Wildman–Crippen MR) is 168 cm³/mol. The van der Waals surface area contributed by atoms with Gasteiger partial charge in [0.1, 0.15) is 11.6 Å². The lowest BCUT2D eigenvalue weighted by Gasteiger charge is -2.35. The zero-order valence-corrected chi connectivity index (χ0v) is 25.6. The maximum atomic E-state index is 14.0. The Morgan fingerprint density at radius 3 is 2.34 bits per heavy atom. The van der Waals surface area contributed by atoms with Crippen molar-refractivity contribution in [1.82, 2.24) is 14.9 Å². The highest BCUT2D eigenvalue weighted by Gasteiger charge is 2.42. The van der Waals surface area contributed by atoms with E-state index in [0.717, 1.165) is 24.0 Å². The molecule has 0 radical (unpaired) electrons. The largest absolute Gasteiger partial charge is 0.437 e. The van der Waals surface area contributed by atoms with Gasteiger partial charge in [0.25, 0.3) is 11.9 Å². The number of anilines is 4. The number of alkyl halides is 3. The molecule has 0 bridgehead atoms. The molecule has 2 aromatic heterocycles. The highest BCUT2D eigenvalue weighted by atomic mass is 19.4. The Balaban J connectivity index is 1.08. The van der Waals surface area contributed by atoms with E-state index in [2.05, 4.69) is 20.6 Å². The van der Waals surface area contributed by atoms with Gasteiger partial charge in [-0.15, -0.1) is 0 Å². The number of halogens is 4. The number of para-hydroxylation sites is 1. The summed E-state index contributed by atoms with van der Waals surface area (Å²) in [5.41, 5.74) is 1.09. The lowest BCUT2D eigenvalue weighted by atomic mass is 9.90. The summed E-state index contributed by atoms with van der Waals surface area (Å²) in [7, 11) is 0. The number of urea groups is 1. The summed E-state index contributed by atoms with van der Waals surface area (Å²) < 4.78 is 61.4. The number of aromatic nitrogens is 2. The normalized spacial score (nSPS) is 17.0. The van der Waals surface area contributed by atoms with E-state index in [9.17, 15) is 27.2 Å². The summed E-state index contributed by atoms with van der Waals surface area (Å²) >= 11 is 0. The van der Waals surface area contributed by atoms with Crippen LogP contribution in [0.25, 0.3) is 0 Å². The number of carbonyl (C=O) groups is 2. The number of aryl methyl sites for hydroxylation is 1. The number of amides is 3. The van der Waals surface area contributed by atoms with Crippen LogP contribution >= 0.6 is 0 Å². The molecule has 14 heteroatoms. The van der Waals surface area contributed by atoms with Crippen LogP contribution in [0.5, 0.6) is 0 Å². The van der Waals surface area contributed by atoms with Crippen molar-refractivity contribution in [2.45, 2.75) is 31.9 Å². The van der Waals surface area contributed by atoms with Crippen LogP contribution in [0.1, 0.15) is 46.1 Å². The van der Waals surface area contributed by atoms with E-state index >= 15 is 0 Å². The molecule has 1 unspecified atom stereocenters. The van der Waals surface area contributed by atoms with Gasteiger partial charge in [0.05, 0.1) is 17.6 Å². The molecule has 2 aliphatic rings. The van der Waals surface area contributed by atoms with E-state index < -0.39 is 35.4 Å². The zero-order valence-electron chi connectivity index (χ0n) is 25.6. The predicted octanol–water partition coefficient (Wildman–Crippen LogP) is 6.53. The summed E-state index contributed by atoms with van der Waals surface area (Å²) in [6.07, 6.45) is -1.95. The van der Waals surface area contributed by atoms with Gasteiger partial charge in [-0.2, -0.15) is 18.2 Å². The van der Waals surface area contributed by atoms with Gasteiger partial charge in [-0.1, -0.05) is 42.0 Å². The Morgan fingerprint density at radius 2 is 1.66 bits per heavy atom. The van der Waals surface area contributed by atoms with Crippen molar-refractivity contribution in [2.24, 2.45) is 0 Å². The van der Waals surface area contributed by atoms with Crippen molar-refractivity contribution >= 4 is 35.1 Å². The van der Waals surface area contributed by atoms with Crippen LogP contribution in [0.3, 0.4) is 0 Å². The summed E-state index contributed by atoms with van der Waals surface area (Å²) in [5.74, 6) is -1.89. The Kier molecular flexibility index (Phi) is 9.01. The fraction of sp³-hybridized carbons (Fsp3) is 0.333. The number of rotatable bonds is 6. The van der Waals surface area contributed by atoms with E-state index in [1.165, 1.54) is 30.5 Å². The molecule has 47 heavy (non-hydrogen) atoms. The first-order chi connectivity index (χ1) is 22.5. The Hall–Kier alpha value is -5.14. The first-order valence-electron chi connectivity index (χ1n) is 15.3. The molecule has 246 valence electrons. The highest BCUT2D eigenvalue weighted by molar-refractivity contribution is 6.03. The molecular formula is C33H33F4N7O3. The molecule has 6 rings (SSSR count). The monoisotopic (exact) mass is 651 g/mol. The quantitative estimate of drug-likeness (QED) is 0.229. The minimum absolute atomic E-state index is 0.0893. The number of nitrogens with one attached hydrogen (secondary N) is 2. The fourth-order valence-electron chi connectivity index (χ4n) is 5.78. The lowest BCUT2D eigenvalue weighted by molar-refractivity contribution is -0.141. The molecule has 2 aromatic carbocycles. The van der Waals surface area contributed by atoms with Crippen molar-refractivity contribution in [1.29, 1.82) is 0 Å². The smallest absolute Gasteiger partial charge is 0.417 e. The lowest BCUT2D eigenvalue weighted by Crippen LogP contribution is -2.50. The van der Waals surface area contributed by atoms with Crippen molar-refractivity contribution in [3.63, 3.8) is 0 Å². The standard InChI is InChI=1S/C33H33F4N7O3/c1-21-8-10-22(11-9-21)23-5-4-14-44(20-23)32-41-29(33(35,36)37)28(47-32)30(45)39-24-12-13-27(38-19-24)42-15-17-43(18-16-42)31(46)40-26-7-3-2-6-25(26)34/h2-3,6-13,19,23H,4-5,14-18,20H2,1H3,(H,39,45)(H,40,46). The third kappa shape index (κ3) is 7.31. The second kappa shape index (κ2) is 13.3. The number of piperazine rings is 1. The van der Waals surface area contributed by atoms with Crippen LogP contribution < -0.4 is 20.4 Å². The summed E-state index contributed by atoms with van der Waals surface area (Å²) in [5, 5.41) is 5.01. The molecule has 2 aliphatic heterocycles. The third-order valence-corrected chi connectivity index (χ3v) is 8.34. The van der Waals surface area contributed by atoms with Crippen molar-refractivity contribution < 1.29 is 31.6 Å². The van der Waals surface area contributed by atoms with Crippen LogP contribution in [0.15, 0.2) is 71.3 Å². The van der Waals surface area contributed by atoms with Crippen molar-refractivity contribution in [3.8, 4) is 0 Å². The zero-order chi connectivity index (χ0) is 33.1. The molecule has 2 fully saturated rings. The number of piperidine rings is 1. The van der Waals surface area contributed by atoms with Gasteiger partial charge in [0.2, 0.25) is 5.76 Å². The van der Waals surface area contributed by atoms with E-state index in [4.69, 9.17) is 4.42 Å². The molecule has 2 N–H and O–H groups in total. The maximum Gasteiger partial charge on any atom is 0.437 e. The average Bonchev–Trinajstić information content (AvgIpc) is 3.54. The van der Waals surface area contributed by atoms with Gasteiger partial charge in [0, 0.05) is 45.2 Å². The van der Waals surface area contributed by atoms with Gasteiger partial charge in [-0.3, -0.25) is 4.79 Å². The number of pyridine rings is 1. The van der Waals surface area contributed by atoms with Gasteiger partial charge in [-0.25, -0.2) is 14.2 Å². The number of benzene rings is 2. The summed E-state index contributed by atoms with van der Waals surface area (Å²) in [4.78, 5) is 38.9. The van der Waals surface area contributed by atoms with Gasteiger partial charge in [0.15, 0.2) is 5.69 Å². The number of nitrogens with zero attached hydrogens (tertiary/aromatic N) is 5. The first-order valence-corrected chi connectivity index (χ1v) is 15.3. The first kappa shape index (κ1) is 31.8. The molecule has 4 heterocycles. The molecule has 2 saturated heterocycles. The average molecular weight is 652 g/mol. The molecule has 0 aliphatic carbocycles. The van der Waals surface area contributed by atoms with Crippen LogP contribution in [-0.2, 0) is 6.18 Å². The minimum Gasteiger partial charge on any atom is -0.417 e. The van der Waals surface area contributed by atoms with E-state index in [-0.39, 0.29) is 23.3 Å². The second-order valence-electron chi connectivity index (χ2n) is 11.6. The van der Waals surface area contributed by atoms with Crippen molar-refractivity contribution in [2.75, 3.05) is 59.7 Å². The van der Waals surface area contributed by atoms with Gasteiger partial charge in [-0.05, 0) is 49.6 Å². The Labute approximate surface area is 268 Å². The molecule has 4 aromatic rings. The van der Waals surface area contributed by atoms with Gasteiger partial charge < -0.3 is 29.8 Å². The highest BCUT2D eigenvalue weighted by Crippen LogP contribution is 2.36. The molecular weight excluding hydrogens is 618 g/mol. The molecule has 0 spiro atoms. The number of hydrogen-bond acceptors (Lipinski definition) is 7. The van der Waals surface area contributed by atoms with Crippen LogP contribution in [0.4, 0.5) is 45.6 Å². The maximum absolute atomic E-state index is 14.0. The van der Waals surface area contributed by atoms with Gasteiger partial charge >= 0.3 is 12.2 Å². The third-order valence-electron chi connectivity index (χ3n) is 8.34. The van der Waals surface area contributed by atoms with Crippen LogP contribution in [-0.4, -0.2) is 66.1 Å². The SMILES string of the molecule is Cc1ccc(C2CCCN(c3nc(C(F)(F)F)c(C(=O)Nc4ccc(N5CCN(C(=O)Nc6ccccc6F)CC5)nc4)o3)C2)cc1. The molecule has 0 saturated carbocycles. The fourth-order valence-corrected chi connectivity index (χ4v) is 5.78. The summed E-state index contributed by atoms with van der Waals surface area (Å²) in [6, 6.07) is 16.5. The second-order valence-corrected chi connectivity index (χ2v) is 11.6. The van der Waals surface area contributed by atoms with Crippen molar-refractivity contribution in [3.05, 3.63) is 95.3 Å². The Bertz CT molecular complexity index is 1720. The molecule has 3 amide bonds. The van der Waals surface area contributed by atoms with Crippen LogP contribution in [0.2, 0.25) is 0 Å². The molecule has 10 nitrogen and oxygen atoms in total. The van der Waals surface area contributed by atoms with Crippen LogP contribution in [0, 0.1) is 12.7 Å².